The molecule has 0 radical (unpaired) electrons. The third-order valence-electron chi connectivity index (χ3n) is 5.78. The number of hydrogen-bond acceptors (Lipinski definition) is 7. The fraction of sp³-hybridized carbons (Fsp3) is 0.640. The summed E-state index contributed by atoms with van der Waals surface area (Å²) in [7, 11) is 0. The number of ether oxygens (including phenoxy) is 2. The number of urea groups is 1. The summed E-state index contributed by atoms with van der Waals surface area (Å²) in [6.45, 7) is 15.2. The molecular weight excluding hydrogens is 466 g/mol. The summed E-state index contributed by atoms with van der Waals surface area (Å²) in [6, 6.07) is 0.900. The lowest BCUT2D eigenvalue weighted by Gasteiger charge is -2.33. The highest BCUT2D eigenvalue weighted by Crippen LogP contribution is 2.24. The Balaban J connectivity index is 2.19. The number of rotatable bonds is 15. The summed E-state index contributed by atoms with van der Waals surface area (Å²) in [4.78, 5) is 53.8. The molecule has 1 atom stereocenters. The molecule has 1 aromatic rings. The molecule has 0 aliphatic carbocycles. The molecule has 1 aromatic heterocycles. The fourth-order valence-electron chi connectivity index (χ4n) is 3.01. The second-order valence-corrected chi connectivity index (χ2v) is 9.74. The van der Waals surface area contributed by atoms with Crippen LogP contribution in [0.4, 0.5) is 15.5 Å². The number of unbranched alkanes of at least 4 members (excludes halogenated alkanes) is 3. The molecular formula is C25H41N5O6. The summed E-state index contributed by atoms with van der Waals surface area (Å²) < 4.78 is 11.3. The van der Waals surface area contributed by atoms with Gasteiger partial charge in [-0.2, -0.15) is 0 Å². The number of aromatic nitrogens is 2. The molecule has 4 N–H and O–H groups in total. The molecule has 202 valence electrons. The lowest BCUT2D eigenvalue weighted by Crippen LogP contribution is -2.43. The van der Waals surface area contributed by atoms with Gasteiger partial charge in [0, 0.05) is 30.8 Å². The minimum atomic E-state index is -0.980. The lowest BCUT2D eigenvalue weighted by atomic mass is 9.93. The van der Waals surface area contributed by atoms with Crippen LogP contribution in [0.15, 0.2) is 23.5 Å². The van der Waals surface area contributed by atoms with E-state index in [9.17, 15) is 19.2 Å². The van der Waals surface area contributed by atoms with Crippen molar-refractivity contribution in [2.45, 2.75) is 78.4 Å². The smallest absolute Gasteiger partial charge is 0.407 e. The van der Waals surface area contributed by atoms with Crippen LogP contribution in [0.25, 0.3) is 0 Å². The van der Waals surface area contributed by atoms with Gasteiger partial charge in [0.15, 0.2) is 5.78 Å². The van der Waals surface area contributed by atoms with Gasteiger partial charge in [0.2, 0.25) is 5.95 Å². The summed E-state index contributed by atoms with van der Waals surface area (Å²) in [5.74, 6) is -0.249. The van der Waals surface area contributed by atoms with Gasteiger partial charge in [-0.15, -0.1) is 0 Å². The number of aromatic amines is 1. The molecule has 0 aliphatic rings. The number of H-pyrrole nitrogens is 1. The van der Waals surface area contributed by atoms with E-state index >= 15 is 0 Å². The topological polar surface area (TPSA) is 152 Å². The van der Waals surface area contributed by atoms with Gasteiger partial charge in [0.1, 0.15) is 11.2 Å². The van der Waals surface area contributed by atoms with E-state index in [2.05, 4.69) is 32.5 Å². The van der Waals surface area contributed by atoms with Crippen molar-refractivity contribution >= 4 is 23.9 Å². The van der Waals surface area contributed by atoms with E-state index in [1.165, 1.54) is 12.1 Å². The van der Waals surface area contributed by atoms with Gasteiger partial charge in [0.05, 0.1) is 6.61 Å². The van der Waals surface area contributed by atoms with Gasteiger partial charge in [0.25, 0.3) is 5.56 Å². The third kappa shape index (κ3) is 11.5. The summed E-state index contributed by atoms with van der Waals surface area (Å²) in [5, 5.41) is 7.95. The Morgan fingerprint density at radius 2 is 1.72 bits per heavy atom. The molecule has 1 rings (SSSR count). The molecule has 11 heteroatoms. The zero-order valence-electron chi connectivity index (χ0n) is 22.3. The maximum atomic E-state index is 12.2. The van der Waals surface area contributed by atoms with E-state index in [1.54, 1.807) is 34.6 Å². The number of aryl methyl sites for hydroxylation is 1. The van der Waals surface area contributed by atoms with Gasteiger partial charge in [-0.25, -0.2) is 14.6 Å². The maximum absolute atomic E-state index is 12.2. The molecule has 11 nitrogen and oxygen atoms in total. The van der Waals surface area contributed by atoms with E-state index in [4.69, 9.17) is 9.47 Å². The maximum Gasteiger partial charge on any atom is 0.407 e. The minimum Gasteiger partial charge on any atom is -0.443 e. The predicted molar refractivity (Wildman–Crippen MR) is 138 cm³/mol. The second kappa shape index (κ2) is 14.4. The second-order valence-electron chi connectivity index (χ2n) is 9.74. The summed E-state index contributed by atoms with van der Waals surface area (Å²) in [5.41, 5.74) is -1.58. The number of amides is 3. The molecule has 0 bridgehead atoms. The molecule has 0 fully saturated rings. The average Bonchev–Trinajstić information content (AvgIpc) is 2.77. The zero-order valence-corrected chi connectivity index (χ0v) is 22.3. The Bertz CT molecular complexity index is 957. The number of alkyl carbamates (subject to hydrolysis) is 1. The lowest BCUT2D eigenvalue weighted by molar-refractivity contribution is -0.140. The van der Waals surface area contributed by atoms with Crippen molar-refractivity contribution in [3.8, 4) is 0 Å². The van der Waals surface area contributed by atoms with Crippen molar-refractivity contribution in [1.29, 1.82) is 0 Å². The van der Waals surface area contributed by atoms with Gasteiger partial charge in [-0.05, 0) is 53.5 Å². The Kier molecular flexibility index (Phi) is 12.3. The van der Waals surface area contributed by atoms with E-state index in [0.29, 0.717) is 18.8 Å². The van der Waals surface area contributed by atoms with E-state index in [0.717, 1.165) is 25.7 Å². The van der Waals surface area contributed by atoms with Gasteiger partial charge < -0.3 is 20.1 Å². The first-order valence-electron chi connectivity index (χ1n) is 12.2. The largest absolute Gasteiger partial charge is 0.443 e. The SMILES string of the molecule is C=CC(=O)C(C)(C)OCC(C)C(C)(C)OC(=O)NCCCCCCNC(=O)Nc1nc(C)cc(=O)[nH]1. The van der Waals surface area contributed by atoms with Crippen LogP contribution in [-0.4, -0.2) is 58.8 Å². The molecule has 3 amide bonds. The zero-order chi connectivity index (χ0) is 27.4. The Morgan fingerprint density at radius 3 is 2.31 bits per heavy atom. The van der Waals surface area contributed by atoms with Crippen LogP contribution < -0.4 is 21.5 Å². The number of hydrogen-bond donors (Lipinski definition) is 4. The molecule has 0 aromatic carbocycles. The van der Waals surface area contributed by atoms with Gasteiger partial charge in [-0.1, -0.05) is 26.3 Å². The monoisotopic (exact) mass is 507 g/mol. The molecule has 1 heterocycles. The molecule has 36 heavy (non-hydrogen) atoms. The molecule has 0 spiro atoms. The highest BCUT2D eigenvalue weighted by atomic mass is 16.6. The van der Waals surface area contributed by atoms with E-state index < -0.39 is 23.3 Å². The Hall–Kier alpha value is -3.21. The summed E-state index contributed by atoms with van der Waals surface area (Å²) >= 11 is 0. The average molecular weight is 508 g/mol. The van der Waals surface area contributed by atoms with Crippen LogP contribution >= 0.6 is 0 Å². The molecule has 1 unspecified atom stereocenters. The van der Waals surface area contributed by atoms with Crippen LogP contribution in [0.5, 0.6) is 0 Å². The van der Waals surface area contributed by atoms with Gasteiger partial charge in [-0.3, -0.25) is 19.9 Å². The highest BCUT2D eigenvalue weighted by Gasteiger charge is 2.33. The number of ketones is 1. The fourth-order valence-corrected chi connectivity index (χ4v) is 3.01. The normalized spacial score (nSPS) is 12.4. The number of carbonyl (C=O) groups is 3. The minimum absolute atomic E-state index is 0.104. The van der Waals surface area contributed by atoms with Crippen molar-refractivity contribution in [2.24, 2.45) is 5.92 Å². The van der Waals surface area contributed by atoms with Crippen molar-refractivity contribution in [3.63, 3.8) is 0 Å². The first-order chi connectivity index (χ1) is 16.8. The van der Waals surface area contributed by atoms with Crippen LogP contribution in [-0.2, 0) is 14.3 Å². The number of nitrogens with zero attached hydrogens (tertiary/aromatic N) is 1. The van der Waals surface area contributed by atoms with E-state index in [1.807, 2.05) is 6.92 Å². The first kappa shape index (κ1) is 30.8. The first-order valence-corrected chi connectivity index (χ1v) is 12.2. The van der Waals surface area contributed by atoms with Crippen LogP contribution in [0, 0.1) is 12.8 Å². The quantitative estimate of drug-likeness (QED) is 0.210. The van der Waals surface area contributed by atoms with Crippen LogP contribution in [0.2, 0.25) is 0 Å². The van der Waals surface area contributed by atoms with Crippen LogP contribution in [0.1, 0.15) is 66.0 Å². The molecule has 0 saturated carbocycles. The Labute approximate surface area is 212 Å². The number of anilines is 1. The Morgan fingerprint density at radius 1 is 1.11 bits per heavy atom. The third-order valence-corrected chi connectivity index (χ3v) is 5.78. The van der Waals surface area contributed by atoms with Crippen molar-refractivity contribution < 1.29 is 23.9 Å². The van der Waals surface area contributed by atoms with Crippen LogP contribution in [0.3, 0.4) is 0 Å². The molecule has 0 aliphatic heterocycles. The van der Waals surface area contributed by atoms with Crippen molar-refractivity contribution in [1.82, 2.24) is 20.6 Å². The highest BCUT2D eigenvalue weighted by molar-refractivity contribution is 5.95. The molecule has 0 saturated heterocycles. The van der Waals surface area contributed by atoms with E-state index in [-0.39, 0.29) is 29.8 Å². The summed E-state index contributed by atoms with van der Waals surface area (Å²) in [6.07, 6.45) is 4.01. The standard InChI is InChI=1S/C25H41N5O6/c1-8-19(31)25(6,7)35-16-17(2)24(4,5)36-23(34)27-14-12-10-9-11-13-26-22(33)30-21-28-18(3)15-20(32)29-21/h8,15,17H,1,9-14,16H2,2-7H3,(H,27,34)(H3,26,28,29,30,32,33). The number of carbonyl (C=O) groups excluding carboxylic acids is 3. The van der Waals surface area contributed by atoms with Gasteiger partial charge >= 0.3 is 12.1 Å². The predicted octanol–water partition coefficient (Wildman–Crippen LogP) is 3.45. The van der Waals surface area contributed by atoms with Crippen molar-refractivity contribution in [2.75, 3.05) is 25.0 Å². The van der Waals surface area contributed by atoms with Crippen molar-refractivity contribution in [3.05, 3.63) is 34.8 Å². The number of nitrogens with one attached hydrogen (secondary N) is 4.